The fourth-order valence-corrected chi connectivity index (χ4v) is 4.45. The third kappa shape index (κ3) is 7.35. The zero-order valence-corrected chi connectivity index (χ0v) is 24.4. The number of aromatic amines is 2. The van der Waals surface area contributed by atoms with Gasteiger partial charge in [-0.05, 0) is 18.8 Å². The molecule has 42 heavy (non-hydrogen) atoms. The first kappa shape index (κ1) is 30.8. The molecule has 2 aliphatic heterocycles. The maximum Gasteiger partial charge on any atom is 0.369 e. The van der Waals surface area contributed by atoms with Gasteiger partial charge in [-0.1, -0.05) is 20.8 Å². The molecule has 2 unspecified atom stereocenters. The molecule has 4 N–H and O–H groups in total. The first-order valence-corrected chi connectivity index (χ1v) is 13.6. The molecule has 0 radical (unpaired) electrons. The number of nitrogens with zero attached hydrogens (tertiary/aromatic N) is 8. The Labute approximate surface area is 248 Å². The summed E-state index contributed by atoms with van der Waals surface area (Å²) in [4.78, 5) is 30.6. The van der Waals surface area contributed by atoms with Crippen molar-refractivity contribution in [1.29, 1.82) is 0 Å². The van der Waals surface area contributed by atoms with Crippen molar-refractivity contribution < 1.29 is 38.7 Å². The van der Waals surface area contributed by atoms with Crippen LogP contribution in [-0.2, 0) is 28.5 Å². The smallest absolute Gasteiger partial charge is 0.369 e. The molecule has 0 bridgehead atoms. The van der Waals surface area contributed by atoms with Crippen molar-refractivity contribution >= 4 is 49.1 Å². The van der Waals surface area contributed by atoms with Gasteiger partial charge in [0, 0.05) is 25.7 Å². The lowest BCUT2D eigenvalue weighted by Crippen LogP contribution is -2.44. The largest absolute Gasteiger partial charge is 0.479 e. The molecule has 0 aromatic carbocycles. The Bertz CT molecular complexity index is 1450. The van der Waals surface area contributed by atoms with E-state index in [1.165, 1.54) is 0 Å². The lowest BCUT2D eigenvalue weighted by Gasteiger charge is -2.38. The number of aromatic nitrogens is 6. The molecule has 2 aromatic heterocycles. The van der Waals surface area contributed by atoms with Gasteiger partial charge in [0.05, 0.1) is 0 Å². The minimum absolute atomic E-state index is 0.0207. The Morgan fingerprint density at radius 2 is 1.21 bits per heavy atom. The van der Waals surface area contributed by atoms with Crippen molar-refractivity contribution in [2.75, 3.05) is 0 Å². The Hall–Kier alpha value is -4.20. The van der Waals surface area contributed by atoms with Gasteiger partial charge in [0.15, 0.2) is 10.3 Å². The Kier molecular flexibility index (Phi) is 9.34. The van der Waals surface area contributed by atoms with E-state index in [-0.39, 0.29) is 53.8 Å². The highest BCUT2D eigenvalue weighted by Gasteiger charge is 2.46. The van der Waals surface area contributed by atoms with E-state index in [1.807, 2.05) is 13.8 Å². The topological polar surface area (TPSA) is 244 Å². The van der Waals surface area contributed by atoms with Gasteiger partial charge in [0.1, 0.15) is 0 Å². The predicted octanol–water partition coefficient (Wildman–Crippen LogP) is 4.38. The quantitative estimate of drug-likeness (QED) is 0.0834. The van der Waals surface area contributed by atoms with Crippen LogP contribution < -0.4 is 0 Å². The first-order valence-electron chi connectivity index (χ1n) is 12.7. The molecule has 0 aliphatic carbocycles. The summed E-state index contributed by atoms with van der Waals surface area (Å²) in [6.45, 7) is 5.52. The fourth-order valence-electron chi connectivity index (χ4n) is 4.16. The molecule has 4 rings (SSSR count). The van der Waals surface area contributed by atoms with Crippen LogP contribution in [0.25, 0.3) is 0 Å². The number of carbonyl (C=O) groups excluding carboxylic acids is 2. The number of azo groups is 2. The van der Waals surface area contributed by atoms with Crippen LogP contribution in [0.1, 0.15) is 59.3 Å². The number of ether oxygens (including phenoxy) is 4. The van der Waals surface area contributed by atoms with Gasteiger partial charge in [-0.3, -0.25) is 9.97 Å². The van der Waals surface area contributed by atoms with Crippen LogP contribution in [0, 0.1) is 5.92 Å². The molecule has 226 valence electrons. The monoisotopic (exact) mass is 624 g/mol. The number of thiol groups is 2. The van der Waals surface area contributed by atoms with Gasteiger partial charge in [-0.15, -0.1) is 66.1 Å². The highest BCUT2D eigenvalue weighted by Crippen LogP contribution is 2.38. The number of rotatable bonds is 12. The van der Waals surface area contributed by atoms with E-state index in [0.29, 0.717) is 12.8 Å². The first-order chi connectivity index (χ1) is 19.9. The van der Waals surface area contributed by atoms with Crippen molar-refractivity contribution in [3.05, 3.63) is 23.3 Å². The van der Waals surface area contributed by atoms with E-state index in [1.54, 1.807) is 6.92 Å². The number of nitrogens with one attached hydrogen (secondary N) is 2. The third-order valence-corrected chi connectivity index (χ3v) is 6.36. The molecular weight excluding hydrogens is 596 g/mol. The second kappa shape index (κ2) is 12.8. The number of carbonyl (C=O) groups is 2. The molecule has 2 aromatic rings. The second-order valence-corrected chi connectivity index (χ2v) is 10.5. The fraction of sp³-hybridized carbons (Fsp3) is 0.545. The zero-order valence-electron chi connectivity index (χ0n) is 22.6. The zero-order chi connectivity index (χ0) is 30.5. The van der Waals surface area contributed by atoms with Crippen LogP contribution in [-0.4, -0.2) is 64.1 Å². The van der Waals surface area contributed by atoms with Gasteiger partial charge in [-0.25, -0.2) is 9.59 Å². The second-order valence-electron chi connectivity index (χ2n) is 9.62. The summed E-state index contributed by atoms with van der Waals surface area (Å²) in [6, 6.07) is 0. The lowest BCUT2D eigenvalue weighted by atomic mass is 9.95. The van der Waals surface area contributed by atoms with E-state index in [9.17, 15) is 19.8 Å². The molecule has 4 heterocycles. The standard InChI is InChI=1S/C22H28N10O8S2/c1-4-21(37-13(33)11(14(34)38-21)25-27-17-23-19(41)31-29-17)7-5-6-8-22(9-10(2)3)39-15(35)12(16(36)40-22)26-28-18-24-20(42)32-30-18/h10,33,35H,4-9H2,1-3H3,(H2,23,29,31,41)(H2,24,30,32,42). The minimum Gasteiger partial charge on any atom is -0.479 e. The number of hydrogen-bond donors (Lipinski definition) is 6. The Balaban J connectivity index is 1.40. The maximum absolute atomic E-state index is 12.8. The lowest BCUT2D eigenvalue weighted by molar-refractivity contribution is -0.252. The molecule has 0 saturated carbocycles. The minimum atomic E-state index is -1.48. The van der Waals surface area contributed by atoms with Crippen LogP contribution in [0.4, 0.5) is 11.9 Å². The van der Waals surface area contributed by atoms with Crippen molar-refractivity contribution in [2.24, 2.45) is 26.4 Å². The molecule has 18 nitrogen and oxygen atoms in total. The average Bonchev–Trinajstić information content (AvgIpc) is 3.52. The van der Waals surface area contributed by atoms with Crippen molar-refractivity contribution in [3.8, 4) is 0 Å². The van der Waals surface area contributed by atoms with Gasteiger partial charge < -0.3 is 29.2 Å². The average molecular weight is 625 g/mol. The van der Waals surface area contributed by atoms with Crippen LogP contribution in [0.15, 0.2) is 54.1 Å². The van der Waals surface area contributed by atoms with E-state index < -0.39 is 46.8 Å². The summed E-state index contributed by atoms with van der Waals surface area (Å²) in [6.07, 6.45) is 1.61. The molecule has 0 saturated heterocycles. The molecular formula is C22H28N10O8S2. The number of aliphatic hydroxyl groups is 2. The molecule has 0 amide bonds. The Morgan fingerprint density at radius 3 is 1.62 bits per heavy atom. The summed E-state index contributed by atoms with van der Waals surface area (Å²) in [7, 11) is 0. The van der Waals surface area contributed by atoms with Crippen molar-refractivity contribution in [3.63, 3.8) is 0 Å². The normalized spacial score (nSPS) is 23.1. The summed E-state index contributed by atoms with van der Waals surface area (Å²) >= 11 is 7.92. The van der Waals surface area contributed by atoms with Gasteiger partial charge in [0.25, 0.3) is 34.9 Å². The van der Waals surface area contributed by atoms with Gasteiger partial charge in [0.2, 0.25) is 0 Å². The molecule has 0 fully saturated rings. The molecule has 20 heteroatoms. The summed E-state index contributed by atoms with van der Waals surface area (Å²) in [5, 5.41) is 50.4. The van der Waals surface area contributed by atoms with Crippen molar-refractivity contribution in [1.82, 2.24) is 30.4 Å². The Morgan fingerprint density at radius 1 is 0.762 bits per heavy atom. The number of esters is 2. The highest BCUT2D eigenvalue weighted by atomic mass is 32.1. The summed E-state index contributed by atoms with van der Waals surface area (Å²) in [5.74, 6) is -6.39. The highest BCUT2D eigenvalue weighted by molar-refractivity contribution is 7.80. The van der Waals surface area contributed by atoms with Crippen LogP contribution in [0.2, 0.25) is 0 Å². The predicted molar refractivity (Wildman–Crippen MR) is 144 cm³/mol. The number of unbranched alkanes of at least 4 members (excludes halogenated alkanes) is 1. The summed E-state index contributed by atoms with van der Waals surface area (Å²) in [5.41, 5.74) is -1.08. The van der Waals surface area contributed by atoms with Crippen LogP contribution in [0.5, 0.6) is 0 Å². The molecule has 0 spiro atoms. The number of aliphatic hydroxyl groups excluding tert-OH is 2. The van der Waals surface area contributed by atoms with Crippen LogP contribution in [0.3, 0.4) is 0 Å². The number of cyclic esters (lactones) is 2. The van der Waals surface area contributed by atoms with Crippen LogP contribution >= 0.6 is 25.3 Å². The summed E-state index contributed by atoms with van der Waals surface area (Å²) < 4.78 is 22.4. The van der Waals surface area contributed by atoms with E-state index in [4.69, 9.17) is 18.9 Å². The van der Waals surface area contributed by atoms with E-state index >= 15 is 0 Å². The number of hydrogen-bond acceptors (Lipinski definition) is 18. The van der Waals surface area contributed by atoms with Gasteiger partial charge >= 0.3 is 23.8 Å². The van der Waals surface area contributed by atoms with Crippen molar-refractivity contribution in [2.45, 2.75) is 81.2 Å². The maximum atomic E-state index is 12.8. The molecule has 2 aliphatic rings. The van der Waals surface area contributed by atoms with E-state index in [0.717, 1.165) is 0 Å². The van der Waals surface area contributed by atoms with Gasteiger partial charge in [-0.2, -0.15) is 0 Å². The molecule has 2 atom stereocenters. The third-order valence-electron chi connectivity index (χ3n) is 5.95. The SMILES string of the molecule is CCC1(CCCCC2(CC(C)C)OC(=O)C(N=Nc3nnc(S)[nH]3)=C(O)O2)OC(=O)C(N=Nc2nnc(S)[nH]2)=C(O)O1. The van der Waals surface area contributed by atoms with E-state index in [2.05, 4.69) is 76.1 Å². The number of H-pyrrole nitrogens is 2.